The highest BCUT2D eigenvalue weighted by atomic mass is 19.2. The summed E-state index contributed by atoms with van der Waals surface area (Å²) in [5.74, 6) is -2.12. The number of nitrogens with zero attached hydrogens (tertiary/aromatic N) is 3. The molecular formula is C23H24F2N4O. The van der Waals surface area contributed by atoms with Crippen molar-refractivity contribution in [2.24, 2.45) is 0 Å². The van der Waals surface area contributed by atoms with Gasteiger partial charge >= 0.3 is 0 Å². The number of aromatic nitrogens is 3. The summed E-state index contributed by atoms with van der Waals surface area (Å²) in [7, 11) is 0. The van der Waals surface area contributed by atoms with Gasteiger partial charge in [-0.05, 0) is 57.0 Å². The van der Waals surface area contributed by atoms with Gasteiger partial charge in [-0.15, -0.1) is 0 Å². The van der Waals surface area contributed by atoms with Crippen LogP contribution in [-0.2, 0) is 0 Å². The molecular weight excluding hydrogens is 386 g/mol. The molecule has 1 amide bonds. The Labute approximate surface area is 174 Å². The molecule has 0 aliphatic heterocycles. The lowest BCUT2D eigenvalue weighted by molar-refractivity contribution is 0.0919. The third-order valence-electron chi connectivity index (χ3n) is 4.36. The van der Waals surface area contributed by atoms with E-state index in [0.29, 0.717) is 28.1 Å². The van der Waals surface area contributed by atoms with Crippen molar-refractivity contribution in [3.63, 3.8) is 0 Å². The molecule has 156 valence electrons. The highest BCUT2D eigenvalue weighted by Crippen LogP contribution is 2.29. The summed E-state index contributed by atoms with van der Waals surface area (Å²) in [6.45, 7) is 9.64. The lowest BCUT2D eigenvalue weighted by atomic mass is 9.99. The Balaban J connectivity index is 2.21. The zero-order valence-electron chi connectivity index (χ0n) is 17.6. The minimum absolute atomic E-state index is 0.101. The largest absolute Gasteiger partial charge is 0.347 e. The van der Waals surface area contributed by atoms with Gasteiger partial charge < -0.3 is 5.32 Å². The van der Waals surface area contributed by atoms with Gasteiger partial charge in [-0.25, -0.2) is 23.7 Å². The standard InChI is InChI=1S/C23H24F2N4O/c1-13(2)21-16(11-26-12-27-21)20-10-15(22(30)29-23(3,4)5)9-19(28-20)14-6-7-17(24)18(25)8-14/h6-13H,1-5H3,(H,29,30). The van der Waals surface area contributed by atoms with Crippen molar-refractivity contribution >= 4 is 5.91 Å². The Morgan fingerprint density at radius 2 is 1.73 bits per heavy atom. The summed E-state index contributed by atoms with van der Waals surface area (Å²) < 4.78 is 27.3. The highest BCUT2D eigenvalue weighted by Gasteiger charge is 2.20. The minimum atomic E-state index is -0.980. The van der Waals surface area contributed by atoms with Gasteiger partial charge in [0.2, 0.25) is 0 Å². The Hall–Kier alpha value is -3.22. The molecule has 0 saturated heterocycles. The van der Waals surface area contributed by atoms with Crippen molar-refractivity contribution in [1.29, 1.82) is 0 Å². The van der Waals surface area contributed by atoms with Gasteiger partial charge in [0, 0.05) is 28.4 Å². The summed E-state index contributed by atoms with van der Waals surface area (Å²) in [5, 5.41) is 2.92. The molecule has 0 saturated carbocycles. The van der Waals surface area contributed by atoms with Crippen LogP contribution in [0.4, 0.5) is 8.78 Å². The second kappa shape index (κ2) is 8.26. The molecule has 0 bridgehead atoms. The zero-order chi connectivity index (χ0) is 22.1. The van der Waals surface area contributed by atoms with Crippen molar-refractivity contribution in [2.45, 2.75) is 46.1 Å². The first-order valence-electron chi connectivity index (χ1n) is 9.65. The Bertz CT molecular complexity index is 1090. The molecule has 0 radical (unpaired) electrons. The lowest BCUT2D eigenvalue weighted by Gasteiger charge is -2.21. The Kier molecular flexibility index (Phi) is 5.92. The second-order valence-corrected chi connectivity index (χ2v) is 8.44. The second-order valence-electron chi connectivity index (χ2n) is 8.44. The molecule has 0 fully saturated rings. The number of hydrogen-bond acceptors (Lipinski definition) is 4. The van der Waals surface area contributed by atoms with E-state index in [9.17, 15) is 13.6 Å². The van der Waals surface area contributed by atoms with Crippen molar-refractivity contribution in [1.82, 2.24) is 20.3 Å². The van der Waals surface area contributed by atoms with Crippen molar-refractivity contribution < 1.29 is 13.6 Å². The summed E-state index contributed by atoms with van der Waals surface area (Å²) in [6, 6.07) is 6.77. The van der Waals surface area contributed by atoms with Gasteiger partial charge in [0.05, 0.1) is 17.1 Å². The lowest BCUT2D eigenvalue weighted by Crippen LogP contribution is -2.40. The SMILES string of the molecule is CC(C)c1ncncc1-c1cc(C(=O)NC(C)(C)C)cc(-c2ccc(F)c(F)c2)n1. The fourth-order valence-corrected chi connectivity index (χ4v) is 3.01. The van der Waals surface area contributed by atoms with Crippen LogP contribution >= 0.6 is 0 Å². The van der Waals surface area contributed by atoms with Gasteiger partial charge in [-0.1, -0.05) is 13.8 Å². The molecule has 0 aliphatic carbocycles. The van der Waals surface area contributed by atoms with Crippen LogP contribution in [0, 0.1) is 11.6 Å². The van der Waals surface area contributed by atoms with Gasteiger partial charge in [0.1, 0.15) is 6.33 Å². The van der Waals surface area contributed by atoms with E-state index in [-0.39, 0.29) is 11.8 Å². The van der Waals surface area contributed by atoms with Crippen molar-refractivity contribution in [3.05, 3.63) is 65.7 Å². The molecule has 30 heavy (non-hydrogen) atoms. The maximum atomic E-state index is 13.8. The maximum absolute atomic E-state index is 13.8. The monoisotopic (exact) mass is 410 g/mol. The number of halogens is 2. The van der Waals surface area contributed by atoms with E-state index in [0.717, 1.165) is 17.8 Å². The first kappa shape index (κ1) is 21.5. The first-order valence-corrected chi connectivity index (χ1v) is 9.65. The predicted octanol–water partition coefficient (Wildman–Crippen LogP) is 5.14. The molecule has 3 aromatic rings. The Morgan fingerprint density at radius 1 is 1.03 bits per heavy atom. The van der Waals surface area contributed by atoms with E-state index < -0.39 is 17.2 Å². The molecule has 2 aromatic heterocycles. The molecule has 3 rings (SSSR count). The number of nitrogens with one attached hydrogen (secondary N) is 1. The number of carbonyl (C=O) groups is 1. The summed E-state index contributed by atoms with van der Waals surface area (Å²) in [4.78, 5) is 25.9. The molecule has 1 N–H and O–H groups in total. The Morgan fingerprint density at radius 3 is 2.37 bits per heavy atom. The molecule has 0 spiro atoms. The van der Waals surface area contributed by atoms with Crippen LogP contribution in [0.3, 0.4) is 0 Å². The average molecular weight is 410 g/mol. The number of amides is 1. The first-order chi connectivity index (χ1) is 14.0. The van der Waals surface area contributed by atoms with Crippen LogP contribution < -0.4 is 5.32 Å². The maximum Gasteiger partial charge on any atom is 0.251 e. The number of rotatable bonds is 4. The fourth-order valence-electron chi connectivity index (χ4n) is 3.01. The van der Waals surface area contributed by atoms with Crippen LogP contribution in [0.25, 0.3) is 22.5 Å². The number of pyridine rings is 1. The third-order valence-corrected chi connectivity index (χ3v) is 4.36. The van der Waals surface area contributed by atoms with E-state index in [4.69, 9.17) is 0 Å². The highest BCUT2D eigenvalue weighted by molar-refractivity contribution is 5.96. The van der Waals surface area contributed by atoms with Gasteiger partial charge in [0.15, 0.2) is 11.6 Å². The molecule has 7 heteroatoms. The van der Waals surface area contributed by atoms with E-state index >= 15 is 0 Å². The normalized spacial score (nSPS) is 11.6. The molecule has 0 unspecified atom stereocenters. The van der Waals surface area contributed by atoms with Crippen LogP contribution in [0.2, 0.25) is 0 Å². The van der Waals surface area contributed by atoms with E-state index in [1.165, 1.54) is 12.4 Å². The number of hydrogen-bond donors (Lipinski definition) is 1. The quantitative estimate of drug-likeness (QED) is 0.647. The summed E-state index contributed by atoms with van der Waals surface area (Å²) in [6.07, 6.45) is 3.11. The van der Waals surface area contributed by atoms with E-state index in [2.05, 4.69) is 20.3 Å². The third kappa shape index (κ3) is 4.84. The topological polar surface area (TPSA) is 67.8 Å². The molecule has 1 aromatic carbocycles. The van der Waals surface area contributed by atoms with Gasteiger partial charge in [-0.3, -0.25) is 4.79 Å². The van der Waals surface area contributed by atoms with Crippen molar-refractivity contribution in [3.8, 4) is 22.5 Å². The summed E-state index contributed by atoms with van der Waals surface area (Å²) in [5.41, 5.74) is 2.58. The molecule has 0 atom stereocenters. The number of carbonyl (C=O) groups excluding carboxylic acids is 1. The summed E-state index contributed by atoms with van der Waals surface area (Å²) >= 11 is 0. The minimum Gasteiger partial charge on any atom is -0.347 e. The fraction of sp³-hybridized carbons (Fsp3) is 0.304. The van der Waals surface area contributed by atoms with Gasteiger partial charge in [0.25, 0.3) is 5.91 Å². The van der Waals surface area contributed by atoms with Gasteiger partial charge in [-0.2, -0.15) is 0 Å². The van der Waals surface area contributed by atoms with Crippen LogP contribution in [0.1, 0.15) is 56.6 Å². The van der Waals surface area contributed by atoms with E-state index in [1.54, 1.807) is 18.3 Å². The molecule has 5 nitrogen and oxygen atoms in total. The van der Waals surface area contributed by atoms with Crippen LogP contribution in [0.5, 0.6) is 0 Å². The number of benzene rings is 1. The molecule has 2 heterocycles. The average Bonchev–Trinajstić information content (AvgIpc) is 2.68. The zero-order valence-corrected chi connectivity index (χ0v) is 17.6. The predicted molar refractivity (Wildman–Crippen MR) is 112 cm³/mol. The van der Waals surface area contributed by atoms with Crippen LogP contribution in [-0.4, -0.2) is 26.4 Å². The van der Waals surface area contributed by atoms with Crippen molar-refractivity contribution in [2.75, 3.05) is 0 Å². The van der Waals surface area contributed by atoms with Crippen LogP contribution in [0.15, 0.2) is 42.9 Å². The smallest absolute Gasteiger partial charge is 0.251 e. The van der Waals surface area contributed by atoms with E-state index in [1.807, 2.05) is 34.6 Å². The molecule has 0 aliphatic rings.